The van der Waals surface area contributed by atoms with Gasteiger partial charge < -0.3 is 16.0 Å². The second-order valence-electron chi connectivity index (χ2n) is 5.25. The quantitative estimate of drug-likeness (QED) is 0.305. The number of aryl methyl sites for hydroxylation is 1. The van der Waals surface area contributed by atoms with E-state index >= 15 is 0 Å². The van der Waals surface area contributed by atoms with Crippen molar-refractivity contribution in [1.29, 1.82) is 0 Å². The zero-order valence-electron chi connectivity index (χ0n) is 14.2. The molecule has 0 saturated heterocycles. The number of hydrogen-bond acceptors (Lipinski definition) is 3. The van der Waals surface area contributed by atoms with Crippen molar-refractivity contribution < 1.29 is 4.79 Å². The molecule has 130 valence electrons. The number of anilines is 1. The zero-order chi connectivity index (χ0) is 17.9. The molecule has 3 N–H and O–H groups in total. The van der Waals surface area contributed by atoms with Gasteiger partial charge in [0.2, 0.25) is 5.91 Å². The number of carbonyl (C=O) groups excluding carboxylic acids is 1. The Hall–Kier alpha value is -3.27. The third-order valence-corrected chi connectivity index (χ3v) is 3.37. The summed E-state index contributed by atoms with van der Waals surface area (Å²) in [5.41, 5.74) is 1.39. The fourth-order valence-electron chi connectivity index (χ4n) is 2.16. The van der Waals surface area contributed by atoms with E-state index in [-0.39, 0.29) is 12.5 Å². The van der Waals surface area contributed by atoms with Crippen molar-refractivity contribution in [2.24, 2.45) is 4.99 Å². The molecule has 2 rings (SSSR count). The molecule has 0 aliphatic heterocycles. The maximum Gasteiger partial charge on any atom is 0.243 e. The average molecular weight is 338 g/mol. The molecule has 1 heterocycles. The fraction of sp³-hybridized carbons (Fsp3) is 0.278. The Morgan fingerprint density at radius 1 is 1.36 bits per heavy atom. The van der Waals surface area contributed by atoms with Crippen molar-refractivity contribution in [3.8, 4) is 12.3 Å². The van der Waals surface area contributed by atoms with Gasteiger partial charge in [-0.25, -0.2) is 0 Å². The van der Waals surface area contributed by atoms with Crippen LogP contribution in [0.1, 0.15) is 12.0 Å². The van der Waals surface area contributed by atoms with Gasteiger partial charge in [-0.2, -0.15) is 5.10 Å². The Balaban J connectivity index is 1.68. The topological polar surface area (TPSA) is 83.3 Å². The minimum absolute atomic E-state index is 0.110. The lowest BCUT2D eigenvalue weighted by Crippen LogP contribution is -2.41. The zero-order valence-corrected chi connectivity index (χ0v) is 14.2. The molecular weight excluding hydrogens is 316 g/mol. The van der Waals surface area contributed by atoms with Gasteiger partial charge in [-0.3, -0.25) is 14.5 Å². The summed E-state index contributed by atoms with van der Waals surface area (Å²) in [5.74, 6) is 2.94. The van der Waals surface area contributed by atoms with E-state index in [1.807, 2.05) is 23.0 Å². The van der Waals surface area contributed by atoms with Crippen LogP contribution in [0.3, 0.4) is 0 Å². The molecule has 0 unspecified atom stereocenters. The molecule has 7 nitrogen and oxygen atoms in total. The monoisotopic (exact) mass is 338 g/mol. The van der Waals surface area contributed by atoms with Crippen molar-refractivity contribution in [3.05, 3.63) is 48.3 Å². The number of aliphatic imine (C=N–C) groups is 1. The summed E-state index contributed by atoms with van der Waals surface area (Å²) < 4.78 is 1.87. The number of amides is 1. The molecule has 0 saturated carbocycles. The summed E-state index contributed by atoms with van der Waals surface area (Å²) in [6.45, 7) is 1.66. The summed E-state index contributed by atoms with van der Waals surface area (Å²) in [6.07, 6.45) is 9.93. The van der Waals surface area contributed by atoms with Crippen molar-refractivity contribution in [2.45, 2.75) is 13.0 Å². The maximum absolute atomic E-state index is 12.0. The second-order valence-corrected chi connectivity index (χ2v) is 5.25. The Morgan fingerprint density at radius 3 is 2.96 bits per heavy atom. The average Bonchev–Trinajstić information content (AvgIpc) is 3.14. The molecule has 0 radical (unpaired) electrons. The predicted molar refractivity (Wildman–Crippen MR) is 99.2 cm³/mol. The van der Waals surface area contributed by atoms with E-state index in [0.29, 0.717) is 11.6 Å². The van der Waals surface area contributed by atoms with E-state index < -0.39 is 0 Å². The molecule has 0 aliphatic rings. The minimum atomic E-state index is -0.173. The number of guanidine groups is 1. The largest absolute Gasteiger partial charge is 0.356 e. The predicted octanol–water partition coefficient (Wildman–Crippen LogP) is 1.06. The summed E-state index contributed by atoms with van der Waals surface area (Å²) in [5, 5.41) is 13.1. The number of nitrogens with zero attached hydrogens (tertiary/aromatic N) is 3. The summed E-state index contributed by atoms with van der Waals surface area (Å²) in [7, 11) is 1.66. The Morgan fingerprint density at radius 2 is 2.24 bits per heavy atom. The first kappa shape index (κ1) is 18.1. The molecule has 0 bridgehead atoms. The standard InChI is InChI=1S/C18H22N6O/c1-3-15-7-4-8-16(13-15)23-17(25)14-21-18(19-2)20-9-5-11-24-12-6-10-22-24/h1,4,6-8,10,12-13H,5,9,11,14H2,2H3,(H,23,25)(H2,19,20,21). The van der Waals surface area contributed by atoms with Gasteiger partial charge in [0.25, 0.3) is 0 Å². The lowest BCUT2D eigenvalue weighted by Gasteiger charge is -2.12. The first-order chi connectivity index (χ1) is 12.2. The first-order valence-electron chi connectivity index (χ1n) is 7.99. The highest BCUT2D eigenvalue weighted by Crippen LogP contribution is 2.09. The van der Waals surface area contributed by atoms with Gasteiger partial charge in [0, 0.05) is 43.8 Å². The molecule has 1 amide bonds. The fourth-order valence-corrected chi connectivity index (χ4v) is 2.16. The highest BCUT2D eigenvalue weighted by Gasteiger charge is 2.04. The van der Waals surface area contributed by atoms with Gasteiger partial charge in [-0.05, 0) is 30.7 Å². The number of benzene rings is 1. The molecule has 0 aliphatic carbocycles. The Bertz CT molecular complexity index is 745. The SMILES string of the molecule is C#Cc1cccc(NC(=O)CNC(=NC)NCCCn2cccn2)c1. The number of carbonyl (C=O) groups is 1. The van der Waals surface area contributed by atoms with Crippen LogP contribution in [-0.4, -0.2) is 41.8 Å². The Labute approximate surface area is 147 Å². The molecule has 1 aromatic carbocycles. The van der Waals surface area contributed by atoms with Crippen LogP contribution in [0.4, 0.5) is 5.69 Å². The highest BCUT2D eigenvalue weighted by molar-refractivity contribution is 5.95. The number of aromatic nitrogens is 2. The van der Waals surface area contributed by atoms with E-state index in [1.54, 1.807) is 31.4 Å². The van der Waals surface area contributed by atoms with Crippen LogP contribution in [0.2, 0.25) is 0 Å². The highest BCUT2D eigenvalue weighted by atomic mass is 16.1. The van der Waals surface area contributed by atoms with Gasteiger partial charge in [0.15, 0.2) is 5.96 Å². The van der Waals surface area contributed by atoms with E-state index in [0.717, 1.165) is 25.1 Å². The normalized spacial score (nSPS) is 10.8. The van der Waals surface area contributed by atoms with Crippen molar-refractivity contribution in [1.82, 2.24) is 20.4 Å². The van der Waals surface area contributed by atoms with Crippen LogP contribution in [0.25, 0.3) is 0 Å². The van der Waals surface area contributed by atoms with Crippen LogP contribution < -0.4 is 16.0 Å². The molecule has 7 heteroatoms. The molecule has 1 aromatic heterocycles. The second kappa shape index (κ2) is 9.78. The van der Waals surface area contributed by atoms with Crippen LogP contribution in [-0.2, 0) is 11.3 Å². The van der Waals surface area contributed by atoms with E-state index in [9.17, 15) is 4.79 Å². The maximum atomic E-state index is 12.0. The summed E-state index contributed by atoms with van der Waals surface area (Å²) >= 11 is 0. The molecule has 0 spiro atoms. The smallest absolute Gasteiger partial charge is 0.243 e. The molecule has 0 fully saturated rings. The van der Waals surface area contributed by atoms with Gasteiger partial charge in [0.05, 0.1) is 6.54 Å². The minimum Gasteiger partial charge on any atom is -0.356 e. The number of nitrogens with one attached hydrogen (secondary N) is 3. The van der Waals surface area contributed by atoms with Crippen molar-refractivity contribution >= 4 is 17.6 Å². The number of hydrogen-bond donors (Lipinski definition) is 3. The summed E-state index contributed by atoms with van der Waals surface area (Å²) in [4.78, 5) is 16.1. The van der Waals surface area contributed by atoms with Gasteiger partial charge in [-0.1, -0.05) is 12.0 Å². The van der Waals surface area contributed by atoms with E-state index in [4.69, 9.17) is 6.42 Å². The van der Waals surface area contributed by atoms with Crippen LogP contribution in [0, 0.1) is 12.3 Å². The molecule has 2 aromatic rings. The third kappa shape index (κ3) is 6.39. The lowest BCUT2D eigenvalue weighted by atomic mass is 10.2. The van der Waals surface area contributed by atoms with Crippen molar-refractivity contribution in [2.75, 3.05) is 25.5 Å². The van der Waals surface area contributed by atoms with Gasteiger partial charge in [0.1, 0.15) is 0 Å². The number of terminal acetylenes is 1. The third-order valence-electron chi connectivity index (χ3n) is 3.37. The van der Waals surface area contributed by atoms with E-state index in [2.05, 4.69) is 32.0 Å². The molecular formula is C18H22N6O. The summed E-state index contributed by atoms with van der Waals surface area (Å²) in [6, 6.07) is 9.05. The number of rotatable bonds is 7. The van der Waals surface area contributed by atoms with Gasteiger partial charge >= 0.3 is 0 Å². The molecule has 0 atom stereocenters. The first-order valence-corrected chi connectivity index (χ1v) is 7.99. The van der Waals surface area contributed by atoms with Crippen molar-refractivity contribution in [3.63, 3.8) is 0 Å². The van der Waals surface area contributed by atoms with Crippen LogP contribution in [0.5, 0.6) is 0 Å². The van der Waals surface area contributed by atoms with E-state index in [1.165, 1.54) is 0 Å². The Kier molecular flexibility index (Phi) is 7.07. The van der Waals surface area contributed by atoms with Gasteiger partial charge in [-0.15, -0.1) is 6.42 Å². The van der Waals surface area contributed by atoms with Crippen LogP contribution in [0.15, 0.2) is 47.7 Å². The van der Waals surface area contributed by atoms with Crippen LogP contribution >= 0.6 is 0 Å². The lowest BCUT2D eigenvalue weighted by molar-refractivity contribution is -0.115. The molecule has 25 heavy (non-hydrogen) atoms.